The molecule has 0 atom stereocenters. The van der Waals surface area contributed by atoms with E-state index >= 15 is 0 Å². The number of nitrogens with zero attached hydrogens (tertiary/aromatic N) is 1. The van der Waals surface area contributed by atoms with Gasteiger partial charge in [-0.1, -0.05) is 62.4 Å². The van der Waals surface area contributed by atoms with Gasteiger partial charge in [-0.25, -0.2) is 0 Å². The second-order valence-corrected chi connectivity index (χ2v) is 7.45. The zero-order chi connectivity index (χ0) is 18.3. The van der Waals surface area contributed by atoms with E-state index in [0.717, 1.165) is 18.5 Å². The third-order valence-corrected chi connectivity index (χ3v) is 5.43. The predicted octanol–water partition coefficient (Wildman–Crippen LogP) is 4.96. The van der Waals surface area contributed by atoms with E-state index in [9.17, 15) is 0 Å². The molecule has 0 aromatic heterocycles. The minimum absolute atomic E-state index is 0.0953. The maximum absolute atomic E-state index is 8.15. The smallest absolute Gasteiger partial charge is 0.193 e. The molecule has 0 saturated carbocycles. The maximum Gasteiger partial charge on any atom is 0.193 e. The SMILES string of the molecule is CC(C)c1ccc(CN(C(=N)N)c2ccc3cccc4c3c2CC4)cc1. The Bertz CT molecular complexity index is 971. The normalized spacial score (nSPS) is 12.7. The average molecular weight is 343 g/mol. The van der Waals surface area contributed by atoms with Gasteiger partial charge in [0, 0.05) is 5.69 Å². The van der Waals surface area contributed by atoms with Crippen molar-refractivity contribution in [2.24, 2.45) is 5.73 Å². The summed E-state index contributed by atoms with van der Waals surface area (Å²) < 4.78 is 0. The van der Waals surface area contributed by atoms with Crippen LogP contribution < -0.4 is 10.6 Å². The van der Waals surface area contributed by atoms with Gasteiger partial charge in [-0.2, -0.15) is 0 Å². The first-order valence-electron chi connectivity index (χ1n) is 9.28. The van der Waals surface area contributed by atoms with E-state index in [4.69, 9.17) is 11.1 Å². The molecule has 0 bridgehead atoms. The van der Waals surface area contributed by atoms with Crippen LogP contribution in [0.15, 0.2) is 54.6 Å². The van der Waals surface area contributed by atoms with Crippen LogP contribution in [-0.2, 0) is 19.4 Å². The molecule has 0 saturated heterocycles. The van der Waals surface area contributed by atoms with Gasteiger partial charge in [0.15, 0.2) is 5.96 Å². The van der Waals surface area contributed by atoms with E-state index in [-0.39, 0.29) is 5.96 Å². The molecule has 0 spiro atoms. The molecule has 3 N–H and O–H groups in total. The van der Waals surface area contributed by atoms with Crippen molar-refractivity contribution >= 4 is 22.4 Å². The van der Waals surface area contributed by atoms with E-state index in [0.29, 0.717) is 12.5 Å². The summed E-state index contributed by atoms with van der Waals surface area (Å²) in [7, 11) is 0. The summed E-state index contributed by atoms with van der Waals surface area (Å²) in [4.78, 5) is 1.93. The first-order valence-corrected chi connectivity index (χ1v) is 9.28. The van der Waals surface area contributed by atoms with Crippen LogP contribution in [-0.4, -0.2) is 5.96 Å². The van der Waals surface area contributed by atoms with E-state index in [1.165, 1.54) is 33.0 Å². The largest absolute Gasteiger partial charge is 0.370 e. The third kappa shape index (κ3) is 2.84. The van der Waals surface area contributed by atoms with Crippen molar-refractivity contribution in [2.45, 2.75) is 39.2 Å². The number of nitrogens with one attached hydrogen (secondary N) is 1. The minimum Gasteiger partial charge on any atom is -0.370 e. The van der Waals surface area contributed by atoms with Crippen molar-refractivity contribution < 1.29 is 0 Å². The summed E-state index contributed by atoms with van der Waals surface area (Å²) in [5.41, 5.74) is 12.3. The lowest BCUT2D eigenvalue weighted by atomic mass is 10.0. The van der Waals surface area contributed by atoms with Crippen molar-refractivity contribution in [2.75, 3.05) is 4.90 Å². The topological polar surface area (TPSA) is 53.1 Å². The number of anilines is 1. The Kier molecular flexibility index (Phi) is 4.15. The molecular weight excluding hydrogens is 318 g/mol. The van der Waals surface area contributed by atoms with Gasteiger partial charge in [-0.05, 0) is 57.9 Å². The van der Waals surface area contributed by atoms with Crippen LogP contribution in [0.4, 0.5) is 5.69 Å². The Morgan fingerprint density at radius 1 is 1.04 bits per heavy atom. The van der Waals surface area contributed by atoms with Gasteiger partial charge in [0.25, 0.3) is 0 Å². The van der Waals surface area contributed by atoms with Crippen molar-refractivity contribution in [3.63, 3.8) is 0 Å². The van der Waals surface area contributed by atoms with Crippen molar-refractivity contribution in [3.8, 4) is 0 Å². The van der Waals surface area contributed by atoms with Gasteiger partial charge in [-0.3, -0.25) is 5.41 Å². The van der Waals surface area contributed by atoms with Gasteiger partial charge in [0.1, 0.15) is 0 Å². The molecule has 4 rings (SSSR count). The fraction of sp³-hybridized carbons (Fsp3) is 0.261. The third-order valence-electron chi connectivity index (χ3n) is 5.43. The molecule has 3 heteroatoms. The Balaban J connectivity index is 1.72. The zero-order valence-electron chi connectivity index (χ0n) is 15.4. The summed E-state index contributed by atoms with van der Waals surface area (Å²) in [6.07, 6.45) is 2.08. The standard InChI is InChI=1S/C23H25N3/c1-15(2)17-8-6-16(7-9-17)14-26(23(24)25)21-13-11-19-5-3-4-18-10-12-20(21)22(18)19/h3-9,11,13,15H,10,12,14H2,1-2H3,(H3,24,25). The van der Waals surface area contributed by atoms with E-state index in [1.54, 1.807) is 0 Å². The number of benzene rings is 3. The monoisotopic (exact) mass is 343 g/mol. The number of hydrogen-bond donors (Lipinski definition) is 2. The molecule has 3 aromatic carbocycles. The molecule has 0 radical (unpaired) electrons. The lowest BCUT2D eigenvalue weighted by molar-refractivity contribution is 0.863. The summed E-state index contributed by atoms with van der Waals surface area (Å²) in [6.45, 7) is 5.02. The first kappa shape index (κ1) is 16.6. The lowest BCUT2D eigenvalue weighted by Crippen LogP contribution is -2.36. The molecule has 26 heavy (non-hydrogen) atoms. The summed E-state index contributed by atoms with van der Waals surface area (Å²) in [6, 6.07) is 19.4. The van der Waals surface area contributed by atoms with Gasteiger partial charge in [0.05, 0.1) is 6.54 Å². The summed E-state index contributed by atoms with van der Waals surface area (Å²) >= 11 is 0. The molecule has 1 aliphatic rings. The Morgan fingerprint density at radius 3 is 2.50 bits per heavy atom. The van der Waals surface area contributed by atoms with Gasteiger partial charge < -0.3 is 10.6 Å². The maximum atomic E-state index is 8.15. The molecular formula is C23H25N3. The molecule has 0 fully saturated rings. The highest BCUT2D eigenvalue weighted by atomic mass is 15.2. The number of nitrogens with two attached hydrogens (primary N) is 1. The van der Waals surface area contributed by atoms with E-state index in [2.05, 4.69) is 68.4 Å². The van der Waals surface area contributed by atoms with Crippen LogP contribution in [0.1, 0.15) is 42.0 Å². The molecule has 3 nitrogen and oxygen atoms in total. The molecule has 0 aliphatic heterocycles. The minimum atomic E-state index is 0.0953. The number of aryl methyl sites for hydroxylation is 2. The molecule has 132 valence electrons. The molecule has 1 aliphatic carbocycles. The molecule has 0 unspecified atom stereocenters. The Labute approximate surface area is 155 Å². The van der Waals surface area contributed by atoms with E-state index in [1.807, 2.05) is 4.90 Å². The lowest BCUT2D eigenvalue weighted by Gasteiger charge is -2.25. The highest BCUT2D eigenvalue weighted by molar-refractivity contribution is 6.00. The summed E-state index contributed by atoms with van der Waals surface area (Å²) in [5, 5.41) is 10.8. The molecule has 0 heterocycles. The van der Waals surface area contributed by atoms with Crippen LogP contribution in [0.25, 0.3) is 10.8 Å². The van der Waals surface area contributed by atoms with Gasteiger partial charge in [-0.15, -0.1) is 0 Å². The fourth-order valence-electron chi connectivity index (χ4n) is 3.99. The number of rotatable bonds is 4. The number of guanidine groups is 1. The van der Waals surface area contributed by atoms with E-state index < -0.39 is 0 Å². The van der Waals surface area contributed by atoms with Crippen LogP contribution in [0.5, 0.6) is 0 Å². The second kappa shape index (κ2) is 6.49. The number of hydrogen-bond acceptors (Lipinski definition) is 1. The van der Waals surface area contributed by atoms with Crippen molar-refractivity contribution in [1.82, 2.24) is 0 Å². The highest BCUT2D eigenvalue weighted by Gasteiger charge is 2.22. The van der Waals surface area contributed by atoms with Crippen LogP contribution in [0.3, 0.4) is 0 Å². The van der Waals surface area contributed by atoms with Gasteiger partial charge in [0.2, 0.25) is 0 Å². The fourth-order valence-corrected chi connectivity index (χ4v) is 3.99. The first-order chi connectivity index (χ1) is 12.5. The van der Waals surface area contributed by atoms with Crippen LogP contribution in [0, 0.1) is 5.41 Å². The van der Waals surface area contributed by atoms with Crippen molar-refractivity contribution in [1.29, 1.82) is 5.41 Å². The zero-order valence-corrected chi connectivity index (χ0v) is 15.4. The highest BCUT2D eigenvalue weighted by Crippen LogP contribution is 2.37. The van der Waals surface area contributed by atoms with Gasteiger partial charge >= 0.3 is 0 Å². The Hall–Kier alpha value is -2.81. The average Bonchev–Trinajstić information content (AvgIpc) is 3.07. The van der Waals surface area contributed by atoms with Crippen LogP contribution >= 0.6 is 0 Å². The predicted molar refractivity (Wildman–Crippen MR) is 110 cm³/mol. The molecule has 3 aromatic rings. The van der Waals surface area contributed by atoms with Crippen molar-refractivity contribution in [3.05, 3.63) is 76.9 Å². The molecule has 0 amide bonds. The Morgan fingerprint density at radius 2 is 1.81 bits per heavy atom. The van der Waals surface area contributed by atoms with Crippen LogP contribution in [0.2, 0.25) is 0 Å². The second-order valence-electron chi connectivity index (χ2n) is 7.45. The quantitative estimate of drug-likeness (QED) is 0.519. The summed E-state index contributed by atoms with van der Waals surface area (Å²) in [5.74, 6) is 0.616.